The second-order valence-electron chi connectivity index (χ2n) is 6.71. The lowest BCUT2D eigenvalue weighted by Gasteiger charge is -2.22. The van der Waals surface area contributed by atoms with E-state index in [4.69, 9.17) is 0 Å². The van der Waals surface area contributed by atoms with Gasteiger partial charge >= 0.3 is 0 Å². The van der Waals surface area contributed by atoms with Crippen LogP contribution in [0.5, 0.6) is 0 Å². The normalized spacial score (nSPS) is 10.5. The average molecular weight is 358 g/mol. The first-order chi connectivity index (χ1) is 13.3. The molecule has 3 nitrogen and oxygen atoms in total. The van der Waals surface area contributed by atoms with Crippen LogP contribution in [0.2, 0.25) is 0 Å². The molecule has 0 N–H and O–H groups in total. The van der Waals surface area contributed by atoms with Crippen molar-refractivity contribution in [3.8, 4) is 0 Å². The van der Waals surface area contributed by atoms with Crippen molar-refractivity contribution in [1.82, 2.24) is 9.88 Å². The Balaban J connectivity index is 1.58. The van der Waals surface area contributed by atoms with Gasteiger partial charge in [0.15, 0.2) is 0 Å². The quantitative estimate of drug-likeness (QED) is 0.557. The molecule has 0 bridgehead atoms. The maximum absolute atomic E-state index is 12.9. The van der Waals surface area contributed by atoms with E-state index in [-0.39, 0.29) is 5.91 Å². The van der Waals surface area contributed by atoms with Crippen LogP contribution in [0.3, 0.4) is 0 Å². The second kappa shape index (κ2) is 10.3. The first-order valence-electron chi connectivity index (χ1n) is 9.57. The molecule has 1 amide bonds. The molecular formula is C24H26N2O. The highest BCUT2D eigenvalue weighted by Crippen LogP contribution is 2.10. The van der Waals surface area contributed by atoms with Crippen molar-refractivity contribution in [3.63, 3.8) is 0 Å². The highest BCUT2D eigenvalue weighted by atomic mass is 16.2. The molecule has 0 spiro atoms. The molecule has 1 aromatic heterocycles. The fraction of sp³-hybridized carbons (Fsp3) is 0.250. The predicted molar refractivity (Wildman–Crippen MR) is 109 cm³/mol. The minimum Gasteiger partial charge on any atom is -0.336 e. The number of pyridine rings is 1. The summed E-state index contributed by atoms with van der Waals surface area (Å²) in [5, 5.41) is 0. The van der Waals surface area contributed by atoms with Crippen molar-refractivity contribution in [2.75, 3.05) is 6.54 Å². The van der Waals surface area contributed by atoms with Crippen LogP contribution in [-0.4, -0.2) is 22.3 Å². The van der Waals surface area contributed by atoms with Crippen molar-refractivity contribution >= 4 is 5.91 Å². The Morgan fingerprint density at radius 3 is 2.04 bits per heavy atom. The van der Waals surface area contributed by atoms with Gasteiger partial charge < -0.3 is 4.90 Å². The molecular weight excluding hydrogens is 332 g/mol. The van der Waals surface area contributed by atoms with Gasteiger partial charge in [0.2, 0.25) is 5.91 Å². The molecule has 138 valence electrons. The fourth-order valence-corrected chi connectivity index (χ4v) is 3.13. The van der Waals surface area contributed by atoms with Gasteiger partial charge in [0.1, 0.15) is 0 Å². The SMILES string of the molecule is O=C(CCCc1ccccc1)N(CCc1ccccc1)Cc1ccccn1. The molecule has 27 heavy (non-hydrogen) atoms. The smallest absolute Gasteiger partial charge is 0.222 e. The Bertz CT molecular complexity index is 804. The van der Waals surface area contributed by atoms with E-state index in [1.54, 1.807) is 6.20 Å². The number of rotatable bonds is 9. The summed E-state index contributed by atoms with van der Waals surface area (Å²) in [6.45, 7) is 1.28. The van der Waals surface area contributed by atoms with Gasteiger partial charge in [-0.3, -0.25) is 9.78 Å². The largest absolute Gasteiger partial charge is 0.336 e. The summed E-state index contributed by atoms with van der Waals surface area (Å²) in [5.74, 6) is 0.201. The minimum absolute atomic E-state index is 0.201. The Labute approximate surface area is 161 Å². The zero-order valence-corrected chi connectivity index (χ0v) is 15.6. The molecule has 0 aliphatic heterocycles. The van der Waals surface area contributed by atoms with Gasteiger partial charge in [0.05, 0.1) is 12.2 Å². The lowest BCUT2D eigenvalue weighted by molar-refractivity contribution is -0.132. The molecule has 0 radical (unpaired) electrons. The monoisotopic (exact) mass is 358 g/mol. The Morgan fingerprint density at radius 2 is 1.41 bits per heavy atom. The van der Waals surface area contributed by atoms with E-state index in [0.29, 0.717) is 19.5 Å². The Morgan fingerprint density at radius 1 is 0.778 bits per heavy atom. The molecule has 2 aromatic carbocycles. The van der Waals surface area contributed by atoms with Gasteiger partial charge in [0.25, 0.3) is 0 Å². The second-order valence-corrected chi connectivity index (χ2v) is 6.71. The van der Waals surface area contributed by atoms with E-state index < -0.39 is 0 Å². The van der Waals surface area contributed by atoms with Crippen molar-refractivity contribution in [2.24, 2.45) is 0 Å². The van der Waals surface area contributed by atoms with Gasteiger partial charge in [-0.25, -0.2) is 0 Å². The molecule has 0 atom stereocenters. The van der Waals surface area contributed by atoms with Gasteiger partial charge in [-0.1, -0.05) is 66.7 Å². The van der Waals surface area contributed by atoms with E-state index >= 15 is 0 Å². The fourth-order valence-electron chi connectivity index (χ4n) is 3.13. The molecule has 0 saturated carbocycles. The van der Waals surface area contributed by atoms with E-state index in [2.05, 4.69) is 29.2 Å². The molecule has 0 aliphatic carbocycles. The molecule has 3 heteroatoms. The van der Waals surface area contributed by atoms with Crippen LogP contribution in [0.25, 0.3) is 0 Å². The van der Waals surface area contributed by atoms with Crippen molar-refractivity contribution in [1.29, 1.82) is 0 Å². The minimum atomic E-state index is 0.201. The topological polar surface area (TPSA) is 33.2 Å². The predicted octanol–water partition coefficient (Wildman–Crippen LogP) is 4.68. The first kappa shape index (κ1) is 18.8. The summed E-state index contributed by atoms with van der Waals surface area (Å²) in [6.07, 6.45) is 5.01. The Hall–Kier alpha value is -2.94. The number of benzene rings is 2. The van der Waals surface area contributed by atoms with Crippen LogP contribution in [0, 0.1) is 0 Å². The van der Waals surface area contributed by atoms with Crippen LogP contribution in [-0.2, 0) is 24.2 Å². The number of aromatic nitrogens is 1. The van der Waals surface area contributed by atoms with Gasteiger partial charge in [-0.15, -0.1) is 0 Å². The summed E-state index contributed by atoms with van der Waals surface area (Å²) >= 11 is 0. The average Bonchev–Trinajstić information content (AvgIpc) is 2.73. The number of hydrogen-bond acceptors (Lipinski definition) is 2. The van der Waals surface area contributed by atoms with Crippen molar-refractivity contribution < 1.29 is 4.79 Å². The number of amides is 1. The highest BCUT2D eigenvalue weighted by Gasteiger charge is 2.14. The van der Waals surface area contributed by atoms with E-state index in [0.717, 1.165) is 25.0 Å². The zero-order valence-electron chi connectivity index (χ0n) is 15.6. The number of hydrogen-bond donors (Lipinski definition) is 0. The molecule has 0 aliphatic rings. The standard InChI is InChI=1S/C24H26N2O/c27-24(16-9-14-21-10-3-1-4-11-21)26(20-23-15-7-8-18-25-23)19-17-22-12-5-2-6-13-22/h1-8,10-13,15,18H,9,14,16-17,19-20H2. The van der Waals surface area contributed by atoms with Gasteiger partial charge in [-0.2, -0.15) is 0 Å². The summed E-state index contributed by atoms with van der Waals surface area (Å²) in [5.41, 5.74) is 3.47. The number of carbonyl (C=O) groups excluding carboxylic acids is 1. The van der Waals surface area contributed by atoms with Gasteiger partial charge in [-0.05, 0) is 42.5 Å². The zero-order chi connectivity index (χ0) is 18.7. The maximum Gasteiger partial charge on any atom is 0.222 e. The molecule has 3 aromatic rings. The van der Waals surface area contributed by atoms with Crippen LogP contribution in [0.15, 0.2) is 85.1 Å². The molecule has 1 heterocycles. The van der Waals surface area contributed by atoms with Crippen molar-refractivity contribution in [3.05, 3.63) is 102 Å². The molecule has 0 saturated heterocycles. The van der Waals surface area contributed by atoms with Crippen LogP contribution < -0.4 is 0 Å². The molecule has 0 fully saturated rings. The van der Waals surface area contributed by atoms with Crippen LogP contribution in [0.1, 0.15) is 29.7 Å². The van der Waals surface area contributed by atoms with Crippen LogP contribution >= 0.6 is 0 Å². The summed E-state index contributed by atoms with van der Waals surface area (Å²) in [6, 6.07) is 26.5. The highest BCUT2D eigenvalue weighted by molar-refractivity contribution is 5.76. The van der Waals surface area contributed by atoms with Crippen LogP contribution in [0.4, 0.5) is 0 Å². The third-order valence-electron chi connectivity index (χ3n) is 4.64. The third-order valence-corrected chi connectivity index (χ3v) is 4.64. The van der Waals surface area contributed by atoms with Crippen molar-refractivity contribution in [2.45, 2.75) is 32.2 Å². The number of nitrogens with zero attached hydrogens (tertiary/aromatic N) is 2. The summed E-state index contributed by atoms with van der Waals surface area (Å²) in [4.78, 5) is 19.2. The first-order valence-corrected chi connectivity index (χ1v) is 9.57. The van der Waals surface area contributed by atoms with E-state index in [1.165, 1.54) is 11.1 Å². The Kier molecular flexibility index (Phi) is 7.16. The third kappa shape index (κ3) is 6.37. The lowest BCUT2D eigenvalue weighted by atomic mass is 10.1. The van der Waals surface area contributed by atoms with E-state index in [9.17, 15) is 4.79 Å². The summed E-state index contributed by atoms with van der Waals surface area (Å²) in [7, 11) is 0. The molecule has 0 unspecified atom stereocenters. The molecule has 3 rings (SSSR count). The lowest BCUT2D eigenvalue weighted by Crippen LogP contribution is -2.32. The number of aryl methyl sites for hydroxylation is 1. The maximum atomic E-state index is 12.9. The van der Waals surface area contributed by atoms with Gasteiger partial charge in [0, 0.05) is 19.2 Å². The number of carbonyl (C=O) groups is 1. The summed E-state index contributed by atoms with van der Waals surface area (Å²) < 4.78 is 0. The van der Waals surface area contributed by atoms with E-state index in [1.807, 2.05) is 59.5 Å².